The van der Waals surface area contributed by atoms with E-state index >= 15 is 0 Å². The summed E-state index contributed by atoms with van der Waals surface area (Å²) in [5.74, 6) is -0.563. The van der Waals surface area contributed by atoms with Crippen LogP contribution in [0.15, 0.2) is 45.0 Å². The molecular weight excluding hydrogens is 585 g/mol. The Morgan fingerprint density at radius 2 is 2.11 bits per heavy atom. The number of nitrogens with one attached hydrogen (secondary N) is 2. The Hall–Kier alpha value is -2.25. The number of hydrogen-bond acceptors (Lipinski definition) is 9. The molecule has 12 nitrogen and oxygen atoms in total. The van der Waals surface area contributed by atoms with Crippen molar-refractivity contribution < 1.29 is 33.0 Å². The van der Waals surface area contributed by atoms with Crippen LogP contribution in [0.3, 0.4) is 0 Å². The van der Waals surface area contributed by atoms with Crippen molar-refractivity contribution >= 4 is 47.3 Å². The van der Waals surface area contributed by atoms with Crippen LogP contribution in [0.25, 0.3) is 6.08 Å². The quantitative estimate of drug-likeness (QED) is 0.270. The average Bonchev–Trinajstić information content (AvgIpc) is 3.20. The van der Waals surface area contributed by atoms with Gasteiger partial charge in [0, 0.05) is 17.6 Å². The molecule has 1 aliphatic heterocycles. The number of ether oxygens (including phenoxy) is 2. The van der Waals surface area contributed by atoms with Crippen molar-refractivity contribution in [2.24, 2.45) is 0 Å². The number of aliphatic hydroxyl groups is 1. The van der Waals surface area contributed by atoms with Gasteiger partial charge in [0.1, 0.15) is 24.1 Å². The smallest absolute Gasteiger partial charge is 0.459 e. The van der Waals surface area contributed by atoms with Crippen molar-refractivity contribution in [1.29, 1.82) is 0 Å². The number of hydrogen-bond donors (Lipinski definition) is 3. The second kappa shape index (κ2) is 12.3. The molecule has 5 atom stereocenters. The van der Waals surface area contributed by atoms with Crippen molar-refractivity contribution in [3.63, 3.8) is 0 Å². The number of carbonyl (C=O) groups excluding carboxylic acids is 1. The Balaban J connectivity index is 1.76. The number of aliphatic hydroxyl groups excluding tert-OH is 1. The minimum absolute atomic E-state index is 0.00816. The molecule has 0 amide bonds. The average molecular weight is 609 g/mol. The fourth-order valence-corrected chi connectivity index (χ4v) is 5.21. The van der Waals surface area contributed by atoms with Crippen molar-refractivity contribution in [3.8, 4) is 5.75 Å². The maximum absolute atomic E-state index is 13.5. The Labute approximate surface area is 218 Å². The third-order valence-electron chi connectivity index (χ3n) is 5.11. The molecule has 0 spiro atoms. The molecule has 196 valence electrons. The molecular formula is C21H24BrClN3O9P. The van der Waals surface area contributed by atoms with E-state index in [2.05, 4.69) is 30.7 Å². The SMILES string of the molecule is COC(=O)[C@H](C)NP(=O)(OC[C@H]1O[C@@H](n2cc(/C=C/Br)c(=O)[nH]c2=O)C[C@@H]1O)Oc1ccc(Cl)cc1. The minimum Gasteiger partial charge on any atom is -0.468 e. The molecule has 15 heteroatoms. The van der Waals surface area contributed by atoms with Crippen molar-refractivity contribution in [2.75, 3.05) is 13.7 Å². The second-order valence-corrected chi connectivity index (χ2v) is 10.3. The van der Waals surface area contributed by atoms with Crippen LogP contribution in [0.1, 0.15) is 25.1 Å². The number of H-pyrrole nitrogens is 1. The highest BCUT2D eigenvalue weighted by atomic mass is 79.9. The highest BCUT2D eigenvalue weighted by Gasteiger charge is 2.39. The first-order chi connectivity index (χ1) is 17.0. The summed E-state index contributed by atoms with van der Waals surface area (Å²) >= 11 is 8.95. The molecule has 3 N–H and O–H groups in total. The molecule has 36 heavy (non-hydrogen) atoms. The van der Waals surface area contributed by atoms with E-state index in [4.69, 9.17) is 25.4 Å². The topological polar surface area (TPSA) is 158 Å². The van der Waals surface area contributed by atoms with E-state index < -0.39 is 56.0 Å². The number of carbonyl (C=O) groups is 1. The molecule has 1 saturated heterocycles. The van der Waals surface area contributed by atoms with Gasteiger partial charge in [-0.1, -0.05) is 27.5 Å². The van der Waals surface area contributed by atoms with Crippen LogP contribution in [0.2, 0.25) is 5.02 Å². The van der Waals surface area contributed by atoms with E-state index in [-0.39, 0.29) is 17.7 Å². The lowest BCUT2D eigenvalue weighted by Crippen LogP contribution is -2.36. The van der Waals surface area contributed by atoms with Gasteiger partial charge in [-0.05, 0) is 42.3 Å². The second-order valence-electron chi connectivity index (χ2n) is 7.69. The Kier molecular flexibility index (Phi) is 9.70. The number of esters is 1. The highest BCUT2D eigenvalue weighted by Crippen LogP contribution is 2.46. The van der Waals surface area contributed by atoms with Gasteiger partial charge in [0.25, 0.3) is 5.56 Å². The third-order valence-corrected chi connectivity index (χ3v) is 7.27. The summed E-state index contributed by atoms with van der Waals surface area (Å²) in [6.07, 6.45) is -0.315. The standard InChI is InChI=1S/C21H24BrClN3O9P/c1-12(20(29)32-2)25-36(31,35-15-5-3-14(23)4-6-15)33-11-17-16(27)9-18(34-17)26-10-13(7-8-22)19(28)24-21(26)30/h3-8,10,12,16-18,27H,9,11H2,1-2H3,(H,25,31)(H,24,28,30)/b8-7+/t12-,16-,17+,18+,36?/m0/s1. The zero-order valence-electron chi connectivity index (χ0n) is 19.1. The van der Waals surface area contributed by atoms with E-state index in [0.29, 0.717) is 5.02 Å². The van der Waals surface area contributed by atoms with Crippen LogP contribution < -0.4 is 20.9 Å². The molecule has 3 rings (SSSR count). The first-order valence-electron chi connectivity index (χ1n) is 10.6. The predicted octanol–water partition coefficient (Wildman–Crippen LogP) is 2.56. The molecule has 1 unspecified atom stereocenters. The molecule has 0 saturated carbocycles. The summed E-state index contributed by atoms with van der Waals surface area (Å²) in [6.45, 7) is 0.987. The number of aromatic nitrogens is 2. The van der Waals surface area contributed by atoms with Crippen LogP contribution >= 0.6 is 35.3 Å². The van der Waals surface area contributed by atoms with Gasteiger partial charge in [-0.15, -0.1) is 0 Å². The summed E-state index contributed by atoms with van der Waals surface area (Å²) in [5.41, 5.74) is -1.13. The predicted molar refractivity (Wildman–Crippen MR) is 134 cm³/mol. The largest absolute Gasteiger partial charge is 0.468 e. The number of methoxy groups -OCH3 is 1. The van der Waals surface area contributed by atoms with Gasteiger partial charge < -0.3 is 19.1 Å². The van der Waals surface area contributed by atoms with Gasteiger partial charge >= 0.3 is 19.4 Å². The van der Waals surface area contributed by atoms with Crippen LogP contribution in [-0.2, 0) is 23.4 Å². The molecule has 0 bridgehead atoms. The van der Waals surface area contributed by atoms with E-state index in [1.807, 2.05) is 0 Å². The van der Waals surface area contributed by atoms with Crippen LogP contribution in [0.5, 0.6) is 5.75 Å². The van der Waals surface area contributed by atoms with Gasteiger partial charge in [0.2, 0.25) is 0 Å². The first kappa shape index (κ1) is 28.3. The van der Waals surface area contributed by atoms with E-state index in [1.165, 1.54) is 55.6 Å². The zero-order chi connectivity index (χ0) is 26.5. The summed E-state index contributed by atoms with van der Waals surface area (Å²) in [5, 5.41) is 13.4. The Morgan fingerprint density at radius 3 is 2.75 bits per heavy atom. The summed E-state index contributed by atoms with van der Waals surface area (Å²) in [7, 11) is -3.02. The Morgan fingerprint density at radius 1 is 1.42 bits per heavy atom. The number of halogens is 2. The lowest BCUT2D eigenvalue weighted by Gasteiger charge is -2.24. The molecule has 0 aliphatic carbocycles. The van der Waals surface area contributed by atoms with Gasteiger partial charge in [-0.2, -0.15) is 5.09 Å². The molecule has 2 aromatic rings. The van der Waals surface area contributed by atoms with Crippen molar-refractivity contribution in [1.82, 2.24) is 14.6 Å². The fraction of sp³-hybridized carbons (Fsp3) is 0.381. The molecule has 0 radical (unpaired) electrons. The van der Waals surface area contributed by atoms with Gasteiger partial charge in [-0.25, -0.2) is 9.36 Å². The number of rotatable bonds is 10. The summed E-state index contributed by atoms with van der Waals surface area (Å²) in [6, 6.07) is 4.89. The minimum atomic E-state index is -4.20. The lowest BCUT2D eigenvalue weighted by atomic mass is 10.2. The third kappa shape index (κ3) is 7.16. The Bertz CT molecular complexity index is 1270. The van der Waals surface area contributed by atoms with Crippen LogP contribution in [0.4, 0.5) is 0 Å². The van der Waals surface area contributed by atoms with Crippen LogP contribution in [-0.4, -0.2) is 52.6 Å². The molecule has 1 aliphatic rings. The van der Waals surface area contributed by atoms with E-state index in [1.54, 1.807) is 0 Å². The molecule has 1 aromatic heterocycles. The first-order valence-corrected chi connectivity index (χ1v) is 13.4. The van der Waals surface area contributed by atoms with E-state index in [9.17, 15) is 24.1 Å². The number of nitrogens with zero attached hydrogens (tertiary/aromatic N) is 1. The summed E-state index contributed by atoms with van der Waals surface area (Å²) < 4.78 is 36.1. The van der Waals surface area contributed by atoms with Crippen molar-refractivity contribution in [2.45, 2.75) is 37.8 Å². The van der Waals surface area contributed by atoms with E-state index in [0.717, 1.165) is 4.57 Å². The fourth-order valence-electron chi connectivity index (χ4n) is 3.30. The van der Waals surface area contributed by atoms with Crippen molar-refractivity contribution in [3.05, 3.63) is 66.9 Å². The lowest BCUT2D eigenvalue weighted by molar-refractivity contribution is -0.142. The molecule has 2 heterocycles. The van der Waals surface area contributed by atoms with Crippen LogP contribution in [0, 0.1) is 0 Å². The number of aromatic amines is 1. The molecule has 1 fully saturated rings. The maximum atomic E-state index is 13.5. The van der Waals surface area contributed by atoms with Gasteiger partial charge in [0.05, 0.1) is 25.4 Å². The normalized spacial score (nSPS) is 22.3. The van der Waals surface area contributed by atoms with Gasteiger partial charge in [-0.3, -0.25) is 23.7 Å². The molecule has 1 aromatic carbocycles. The highest BCUT2D eigenvalue weighted by molar-refractivity contribution is 9.11. The van der Waals surface area contributed by atoms with Gasteiger partial charge in [0.15, 0.2) is 0 Å². The number of benzene rings is 1. The monoisotopic (exact) mass is 607 g/mol. The maximum Gasteiger partial charge on any atom is 0.459 e. The zero-order valence-corrected chi connectivity index (χ0v) is 22.4. The summed E-state index contributed by atoms with van der Waals surface area (Å²) in [4.78, 5) is 39.7.